The van der Waals surface area contributed by atoms with E-state index < -0.39 is 5.97 Å². The molecule has 2 aromatic rings. The molecular formula is C23H23NO2. The fourth-order valence-electron chi connectivity index (χ4n) is 2.71. The zero-order chi connectivity index (χ0) is 18.7. The number of aliphatic imine (C=N–C) groups is 1. The Morgan fingerprint density at radius 2 is 1.65 bits per heavy atom. The molecular weight excluding hydrogens is 322 g/mol. The van der Waals surface area contributed by atoms with Gasteiger partial charge in [-0.2, -0.15) is 0 Å². The molecule has 0 saturated carbocycles. The van der Waals surface area contributed by atoms with Crippen LogP contribution in [0, 0.1) is 0 Å². The third-order valence-electron chi connectivity index (χ3n) is 4.18. The van der Waals surface area contributed by atoms with Gasteiger partial charge in [0.1, 0.15) is 0 Å². The minimum Gasteiger partial charge on any atom is -0.402 e. The Kier molecular flexibility index (Phi) is 4.90. The van der Waals surface area contributed by atoms with Crippen molar-refractivity contribution in [2.75, 3.05) is 0 Å². The van der Waals surface area contributed by atoms with Crippen LogP contribution in [-0.2, 0) is 14.9 Å². The van der Waals surface area contributed by atoms with Crippen LogP contribution in [0.15, 0.2) is 76.9 Å². The van der Waals surface area contributed by atoms with Crippen LogP contribution >= 0.6 is 0 Å². The quantitative estimate of drug-likeness (QED) is 0.561. The number of nitrogens with zero attached hydrogens (tertiary/aromatic N) is 1. The van der Waals surface area contributed by atoms with E-state index in [1.165, 1.54) is 5.56 Å². The van der Waals surface area contributed by atoms with Gasteiger partial charge in [0, 0.05) is 5.56 Å². The van der Waals surface area contributed by atoms with Crippen LogP contribution < -0.4 is 0 Å². The van der Waals surface area contributed by atoms with Crippen LogP contribution in [0.3, 0.4) is 0 Å². The number of benzene rings is 2. The van der Waals surface area contributed by atoms with Crippen LogP contribution in [0.2, 0.25) is 0 Å². The molecule has 0 radical (unpaired) electrons. The first-order valence-corrected chi connectivity index (χ1v) is 8.70. The zero-order valence-electron chi connectivity index (χ0n) is 15.6. The second-order valence-corrected chi connectivity index (χ2v) is 7.46. The molecule has 1 heterocycles. The Bertz CT molecular complexity index is 895. The van der Waals surface area contributed by atoms with Crippen molar-refractivity contribution < 1.29 is 9.53 Å². The number of rotatable bonds is 3. The number of ether oxygens (including phenoxy) is 1. The van der Waals surface area contributed by atoms with E-state index in [1.807, 2.05) is 67.6 Å². The van der Waals surface area contributed by atoms with Crippen molar-refractivity contribution in [3.63, 3.8) is 0 Å². The lowest BCUT2D eigenvalue weighted by Gasteiger charge is -2.18. The van der Waals surface area contributed by atoms with Crippen molar-refractivity contribution in [3.05, 3.63) is 88.6 Å². The average molecular weight is 345 g/mol. The Morgan fingerprint density at radius 1 is 1.00 bits per heavy atom. The van der Waals surface area contributed by atoms with Gasteiger partial charge >= 0.3 is 5.97 Å². The average Bonchev–Trinajstić information content (AvgIpc) is 2.96. The molecule has 0 fully saturated rings. The lowest BCUT2D eigenvalue weighted by molar-refractivity contribution is -0.130. The molecule has 0 aliphatic carbocycles. The highest BCUT2D eigenvalue weighted by Crippen LogP contribution is 2.24. The van der Waals surface area contributed by atoms with E-state index in [0.717, 1.165) is 16.7 Å². The first-order valence-electron chi connectivity index (χ1n) is 8.70. The summed E-state index contributed by atoms with van der Waals surface area (Å²) < 4.78 is 5.35. The highest BCUT2D eigenvalue weighted by molar-refractivity contribution is 6.11. The third-order valence-corrected chi connectivity index (χ3v) is 4.18. The maximum absolute atomic E-state index is 12.1. The molecule has 3 heteroatoms. The van der Waals surface area contributed by atoms with Crippen molar-refractivity contribution in [1.82, 2.24) is 0 Å². The highest BCUT2D eigenvalue weighted by Gasteiger charge is 2.24. The molecule has 0 aromatic heterocycles. The summed E-state index contributed by atoms with van der Waals surface area (Å²) in [6.07, 6.45) is 3.76. The van der Waals surface area contributed by atoms with Crippen molar-refractivity contribution in [2.45, 2.75) is 33.1 Å². The molecule has 26 heavy (non-hydrogen) atoms. The van der Waals surface area contributed by atoms with E-state index in [-0.39, 0.29) is 5.41 Å². The van der Waals surface area contributed by atoms with Gasteiger partial charge in [0.05, 0.1) is 0 Å². The van der Waals surface area contributed by atoms with Crippen molar-refractivity contribution in [2.24, 2.45) is 4.99 Å². The van der Waals surface area contributed by atoms with E-state index in [1.54, 1.807) is 6.08 Å². The zero-order valence-corrected chi connectivity index (χ0v) is 15.6. The second-order valence-electron chi connectivity index (χ2n) is 7.46. The van der Waals surface area contributed by atoms with Gasteiger partial charge in [-0.1, -0.05) is 69.3 Å². The number of cyclic esters (lactones) is 1. The van der Waals surface area contributed by atoms with E-state index in [4.69, 9.17) is 4.74 Å². The van der Waals surface area contributed by atoms with Gasteiger partial charge in [0.25, 0.3) is 0 Å². The SMILES string of the molecule is CC(=Cc1ccccc1)C=C1N=C(c2ccc(C(C)(C)C)cc2)OC1=O. The molecule has 3 rings (SSSR count). The molecule has 1 aliphatic rings. The standard InChI is InChI=1S/C23H23NO2/c1-16(14-17-8-6-5-7-9-17)15-20-22(25)26-21(24-20)18-10-12-19(13-11-18)23(2,3)4/h5-15H,1-4H3. The molecule has 0 atom stereocenters. The first-order chi connectivity index (χ1) is 12.3. The summed E-state index contributed by atoms with van der Waals surface area (Å²) in [5, 5.41) is 0. The molecule has 0 saturated heterocycles. The van der Waals surface area contributed by atoms with Crippen LogP contribution in [0.4, 0.5) is 0 Å². The van der Waals surface area contributed by atoms with Gasteiger partial charge in [-0.25, -0.2) is 9.79 Å². The minimum absolute atomic E-state index is 0.0805. The summed E-state index contributed by atoms with van der Waals surface area (Å²) >= 11 is 0. The maximum atomic E-state index is 12.1. The third kappa shape index (κ3) is 4.17. The lowest BCUT2D eigenvalue weighted by Crippen LogP contribution is -2.11. The largest absolute Gasteiger partial charge is 0.402 e. The summed E-state index contributed by atoms with van der Waals surface area (Å²) in [5.41, 5.74) is 4.45. The van der Waals surface area contributed by atoms with Crippen molar-refractivity contribution >= 4 is 17.9 Å². The summed E-state index contributed by atoms with van der Waals surface area (Å²) in [7, 11) is 0. The van der Waals surface area contributed by atoms with Crippen LogP contribution in [0.25, 0.3) is 6.08 Å². The lowest BCUT2D eigenvalue weighted by atomic mass is 9.87. The number of hydrogen-bond donors (Lipinski definition) is 0. The van der Waals surface area contributed by atoms with Crippen LogP contribution in [-0.4, -0.2) is 11.9 Å². The molecule has 0 N–H and O–H groups in total. The molecule has 1 aliphatic heterocycles. The predicted octanol–water partition coefficient (Wildman–Crippen LogP) is 5.27. The van der Waals surface area contributed by atoms with E-state index in [2.05, 4.69) is 25.8 Å². The van der Waals surface area contributed by atoms with Crippen molar-refractivity contribution in [1.29, 1.82) is 0 Å². The van der Waals surface area contributed by atoms with Crippen LogP contribution in [0.1, 0.15) is 44.4 Å². The van der Waals surface area contributed by atoms with Gasteiger partial charge in [0.15, 0.2) is 5.70 Å². The Balaban J connectivity index is 1.84. The normalized spacial score (nSPS) is 16.6. The Hall–Kier alpha value is -2.94. The monoisotopic (exact) mass is 345 g/mol. The Morgan fingerprint density at radius 3 is 2.27 bits per heavy atom. The smallest absolute Gasteiger partial charge is 0.363 e. The van der Waals surface area contributed by atoms with E-state index in [0.29, 0.717) is 11.6 Å². The fraction of sp³-hybridized carbons (Fsp3) is 0.217. The van der Waals surface area contributed by atoms with Crippen molar-refractivity contribution in [3.8, 4) is 0 Å². The molecule has 132 valence electrons. The molecule has 0 unspecified atom stereocenters. The van der Waals surface area contributed by atoms with E-state index in [9.17, 15) is 4.79 Å². The Labute approximate surface area is 154 Å². The summed E-state index contributed by atoms with van der Waals surface area (Å²) in [6, 6.07) is 18.0. The molecule has 0 amide bonds. The molecule has 0 spiro atoms. The number of carbonyl (C=O) groups excluding carboxylic acids is 1. The number of carbonyl (C=O) groups is 1. The van der Waals surface area contributed by atoms with Gasteiger partial charge in [-0.3, -0.25) is 0 Å². The number of allylic oxidation sites excluding steroid dienone is 2. The van der Waals surface area contributed by atoms with Gasteiger partial charge in [0.2, 0.25) is 5.90 Å². The summed E-state index contributed by atoms with van der Waals surface area (Å²) in [5.74, 6) is -0.0603. The first kappa shape index (κ1) is 17.9. The van der Waals surface area contributed by atoms with Gasteiger partial charge in [-0.05, 0) is 47.2 Å². The van der Waals surface area contributed by atoms with Crippen LogP contribution in [0.5, 0.6) is 0 Å². The van der Waals surface area contributed by atoms with Gasteiger partial charge in [-0.15, -0.1) is 0 Å². The summed E-state index contributed by atoms with van der Waals surface area (Å²) in [4.78, 5) is 16.5. The topological polar surface area (TPSA) is 38.7 Å². The highest BCUT2D eigenvalue weighted by atomic mass is 16.6. The fourth-order valence-corrected chi connectivity index (χ4v) is 2.71. The molecule has 2 aromatic carbocycles. The number of hydrogen-bond acceptors (Lipinski definition) is 3. The minimum atomic E-state index is -0.416. The second kappa shape index (κ2) is 7.12. The molecule has 0 bridgehead atoms. The maximum Gasteiger partial charge on any atom is 0.363 e. The van der Waals surface area contributed by atoms with Gasteiger partial charge < -0.3 is 4.74 Å². The molecule has 3 nitrogen and oxygen atoms in total. The predicted molar refractivity (Wildman–Crippen MR) is 106 cm³/mol. The van der Waals surface area contributed by atoms with E-state index >= 15 is 0 Å². The number of esters is 1. The summed E-state index contributed by atoms with van der Waals surface area (Å²) in [6.45, 7) is 8.44.